The molecule has 1 aliphatic heterocycles. The van der Waals surface area contributed by atoms with Gasteiger partial charge < -0.3 is 15.4 Å². The van der Waals surface area contributed by atoms with Crippen molar-refractivity contribution in [3.63, 3.8) is 0 Å². The topological polar surface area (TPSA) is 67.4 Å². The van der Waals surface area contributed by atoms with E-state index in [2.05, 4.69) is 17.6 Å². The Balaban J connectivity index is 1.44. The van der Waals surface area contributed by atoms with Crippen molar-refractivity contribution in [2.45, 2.75) is 12.8 Å². The van der Waals surface area contributed by atoms with Gasteiger partial charge in [-0.15, -0.1) is 0 Å². The van der Waals surface area contributed by atoms with Crippen LogP contribution in [0.5, 0.6) is 5.75 Å². The van der Waals surface area contributed by atoms with Gasteiger partial charge in [0, 0.05) is 12.1 Å². The summed E-state index contributed by atoms with van der Waals surface area (Å²) in [4.78, 5) is 25.0. The highest BCUT2D eigenvalue weighted by molar-refractivity contribution is 6.09. The number of hydrogen-bond donors (Lipinski definition) is 2. The number of ether oxygens (including phenoxy) is 1. The van der Waals surface area contributed by atoms with Crippen LogP contribution in [-0.4, -0.2) is 18.4 Å². The van der Waals surface area contributed by atoms with E-state index in [9.17, 15) is 9.59 Å². The number of rotatable bonds is 5. The molecule has 0 radical (unpaired) electrons. The van der Waals surface area contributed by atoms with Gasteiger partial charge in [0.2, 0.25) is 0 Å². The maximum atomic E-state index is 12.6. The molecular weight excluding hydrogens is 376 g/mol. The van der Waals surface area contributed by atoms with E-state index in [1.807, 2.05) is 60.7 Å². The molecule has 0 bridgehead atoms. The summed E-state index contributed by atoms with van der Waals surface area (Å²) >= 11 is 0. The summed E-state index contributed by atoms with van der Waals surface area (Å²) in [7, 11) is 0. The highest BCUT2D eigenvalue weighted by Crippen LogP contribution is 2.32. The average molecular weight is 398 g/mol. The fraction of sp³-hybridized carbons (Fsp3) is 0.120. The zero-order valence-corrected chi connectivity index (χ0v) is 16.6. The van der Waals surface area contributed by atoms with Crippen molar-refractivity contribution < 1.29 is 14.3 Å². The Bertz CT molecular complexity index is 1090. The molecule has 0 saturated carbocycles. The molecule has 5 heteroatoms. The molecule has 150 valence electrons. The van der Waals surface area contributed by atoms with Gasteiger partial charge in [0.1, 0.15) is 0 Å². The third-order valence-electron chi connectivity index (χ3n) is 4.97. The van der Waals surface area contributed by atoms with E-state index in [1.54, 1.807) is 24.3 Å². The molecule has 0 fully saturated rings. The monoisotopic (exact) mass is 398 g/mol. The first-order chi connectivity index (χ1) is 14.6. The Morgan fingerprint density at radius 1 is 1.03 bits per heavy atom. The van der Waals surface area contributed by atoms with Gasteiger partial charge in [0.15, 0.2) is 11.5 Å². The Hall–Kier alpha value is -3.86. The minimum atomic E-state index is -0.346. The summed E-state index contributed by atoms with van der Waals surface area (Å²) in [5.41, 5.74) is 2.98. The number of carbonyl (C=O) groups is 2. The molecule has 0 aromatic heterocycles. The van der Waals surface area contributed by atoms with Crippen molar-refractivity contribution in [1.82, 2.24) is 5.32 Å². The highest BCUT2D eigenvalue weighted by atomic mass is 16.5. The molecule has 4 rings (SSSR count). The van der Waals surface area contributed by atoms with Crippen molar-refractivity contribution in [3.05, 3.63) is 101 Å². The van der Waals surface area contributed by atoms with Crippen molar-refractivity contribution in [1.29, 1.82) is 0 Å². The third kappa shape index (κ3) is 4.41. The standard InChI is InChI=1S/C25H22N2O3/c1-17(19-10-6-3-7-11-19)16-26-24(28)20-12-13-22-21(15-20)27-25(29)23(30-22)14-18-8-4-2-5-9-18/h2-15,17H,16H2,1H3,(H,26,28)(H,27,29)/b23-14-. The van der Waals surface area contributed by atoms with Gasteiger partial charge in [-0.05, 0) is 41.3 Å². The lowest BCUT2D eigenvalue weighted by Crippen LogP contribution is -2.28. The molecule has 2 N–H and O–H groups in total. The molecule has 1 atom stereocenters. The number of hydrogen-bond acceptors (Lipinski definition) is 3. The SMILES string of the molecule is CC(CNC(=O)c1ccc2c(c1)NC(=O)/C(=C/c1ccccc1)O2)c1ccccc1. The van der Waals surface area contributed by atoms with Gasteiger partial charge in [-0.1, -0.05) is 67.6 Å². The van der Waals surface area contributed by atoms with Crippen LogP contribution in [-0.2, 0) is 4.79 Å². The Morgan fingerprint density at radius 3 is 2.47 bits per heavy atom. The van der Waals surface area contributed by atoms with E-state index in [0.29, 0.717) is 23.5 Å². The molecule has 0 saturated heterocycles. The minimum Gasteiger partial charge on any atom is -0.449 e. The van der Waals surface area contributed by atoms with Gasteiger partial charge in [0.25, 0.3) is 11.8 Å². The number of amides is 2. The minimum absolute atomic E-state index is 0.194. The maximum Gasteiger partial charge on any atom is 0.291 e. The van der Waals surface area contributed by atoms with Crippen LogP contribution >= 0.6 is 0 Å². The Kier molecular flexibility index (Phi) is 5.61. The van der Waals surface area contributed by atoms with Crippen LogP contribution < -0.4 is 15.4 Å². The number of nitrogens with one attached hydrogen (secondary N) is 2. The summed E-state index contributed by atoms with van der Waals surface area (Å²) in [6, 6.07) is 24.5. The third-order valence-corrected chi connectivity index (χ3v) is 4.97. The van der Waals surface area contributed by atoms with E-state index in [4.69, 9.17) is 4.74 Å². The molecule has 3 aromatic carbocycles. The first kappa shape index (κ1) is 19.5. The number of anilines is 1. The van der Waals surface area contributed by atoms with Crippen LogP contribution in [0.1, 0.15) is 34.3 Å². The molecule has 1 unspecified atom stereocenters. The number of carbonyl (C=O) groups excluding carboxylic acids is 2. The molecule has 5 nitrogen and oxygen atoms in total. The van der Waals surface area contributed by atoms with E-state index < -0.39 is 0 Å². The van der Waals surface area contributed by atoms with Crippen LogP contribution in [0.2, 0.25) is 0 Å². The highest BCUT2D eigenvalue weighted by Gasteiger charge is 2.23. The summed E-state index contributed by atoms with van der Waals surface area (Å²) in [6.45, 7) is 2.59. The lowest BCUT2D eigenvalue weighted by Gasteiger charge is -2.21. The largest absolute Gasteiger partial charge is 0.449 e. The van der Waals surface area contributed by atoms with Crippen molar-refractivity contribution >= 4 is 23.6 Å². The van der Waals surface area contributed by atoms with Crippen molar-refractivity contribution in [2.75, 3.05) is 11.9 Å². The molecule has 1 aliphatic rings. The summed E-state index contributed by atoms with van der Waals surface area (Å²) in [6.07, 6.45) is 1.68. The van der Waals surface area contributed by atoms with Crippen LogP contribution in [0.3, 0.4) is 0 Å². The molecule has 30 heavy (non-hydrogen) atoms. The normalized spacial score (nSPS) is 15.0. The van der Waals surface area contributed by atoms with Gasteiger partial charge in [-0.3, -0.25) is 9.59 Å². The van der Waals surface area contributed by atoms with Gasteiger partial charge in [0.05, 0.1) is 5.69 Å². The number of fused-ring (bicyclic) bond motifs is 1. The fourth-order valence-electron chi connectivity index (χ4n) is 3.25. The summed E-state index contributed by atoms with van der Waals surface area (Å²) in [5, 5.41) is 5.76. The first-order valence-electron chi connectivity index (χ1n) is 9.83. The van der Waals surface area contributed by atoms with Gasteiger partial charge in [-0.2, -0.15) is 0 Å². The van der Waals surface area contributed by atoms with Crippen LogP contribution in [0.15, 0.2) is 84.6 Å². The summed E-state index contributed by atoms with van der Waals surface area (Å²) < 4.78 is 5.76. The van der Waals surface area contributed by atoms with Crippen LogP contribution in [0.25, 0.3) is 6.08 Å². The van der Waals surface area contributed by atoms with E-state index >= 15 is 0 Å². The molecule has 1 heterocycles. The van der Waals surface area contributed by atoms with Crippen LogP contribution in [0.4, 0.5) is 5.69 Å². The van der Waals surface area contributed by atoms with Gasteiger partial charge >= 0.3 is 0 Å². The fourth-order valence-corrected chi connectivity index (χ4v) is 3.25. The average Bonchev–Trinajstić information content (AvgIpc) is 2.78. The van der Waals surface area contributed by atoms with Crippen LogP contribution in [0, 0.1) is 0 Å². The van der Waals surface area contributed by atoms with Crippen molar-refractivity contribution in [3.8, 4) is 5.75 Å². The van der Waals surface area contributed by atoms with E-state index in [0.717, 1.165) is 5.56 Å². The molecule has 2 amide bonds. The lowest BCUT2D eigenvalue weighted by molar-refractivity contribution is -0.115. The second-order valence-electron chi connectivity index (χ2n) is 7.21. The maximum absolute atomic E-state index is 12.6. The van der Waals surface area contributed by atoms with Crippen molar-refractivity contribution in [2.24, 2.45) is 0 Å². The molecule has 3 aromatic rings. The predicted octanol–water partition coefficient (Wildman–Crippen LogP) is 4.59. The number of benzene rings is 3. The quantitative estimate of drug-likeness (QED) is 0.618. The lowest BCUT2D eigenvalue weighted by atomic mass is 10.0. The second-order valence-corrected chi connectivity index (χ2v) is 7.21. The Labute approximate surface area is 175 Å². The zero-order chi connectivity index (χ0) is 20.9. The second kappa shape index (κ2) is 8.66. The first-order valence-corrected chi connectivity index (χ1v) is 9.83. The molecule has 0 aliphatic carbocycles. The van der Waals surface area contributed by atoms with E-state index in [1.165, 1.54) is 5.56 Å². The zero-order valence-electron chi connectivity index (χ0n) is 16.6. The molecule has 0 spiro atoms. The smallest absolute Gasteiger partial charge is 0.291 e. The van der Waals surface area contributed by atoms with Gasteiger partial charge in [-0.25, -0.2) is 0 Å². The van der Waals surface area contributed by atoms with E-state index in [-0.39, 0.29) is 23.5 Å². The predicted molar refractivity (Wildman–Crippen MR) is 117 cm³/mol. The molecular formula is C25H22N2O3. The Morgan fingerprint density at radius 2 is 1.73 bits per heavy atom. The summed E-state index contributed by atoms with van der Waals surface area (Å²) in [5.74, 6) is 0.372.